The average Bonchev–Trinajstić information content (AvgIpc) is 2.59. The maximum Gasteiger partial charge on any atom is 0.160 e. The largest absolute Gasteiger partial charge is 0.227 e. The third-order valence-electron chi connectivity index (χ3n) is 1.07. The van der Waals surface area contributed by atoms with Crippen LogP contribution in [0.5, 0.6) is 0 Å². The van der Waals surface area contributed by atoms with Gasteiger partial charge in [0.05, 0.1) is 0 Å². The molecule has 0 radical (unpaired) electrons. The topological polar surface area (TPSA) is 34.1 Å². The minimum absolute atomic E-state index is 0.870. The molecule has 1 aromatic rings. The Labute approximate surface area is 84.2 Å². The van der Waals surface area contributed by atoms with Crippen molar-refractivity contribution in [3.8, 4) is 0 Å². The molecule has 1 rings (SSSR count). The molecule has 0 aliphatic heterocycles. The highest BCUT2D eigenvalue weighted by Crippen LogP contribution is 2.08. The van der Waals surface area contributed by atoms with Gasteiger partial charge in [0.25, 0.3) is 0 Å². The third-order valence-corrected chi connectivity index (χ3v) is 2.27. The van der Waals surface area contributed by atoms with Crippen molar-refractivity contribution in [3.63, 3.8) is 0 Å². The fraction of sp³-hybridized carbons (Fsp3) is 0.111. The summed E-state index contributed by atoms with van der Waals surface area (Å²) in [5.74, 6) is 0. The van der Waals surface area contributed by atoms with Gasteiger partial charge in [-0.25, -0.2) is 8.42 Å². The van der Waals surface area contributed by atoms with Crippen molar-refractivity contribution in [3.05, 3.63) is 47.0 Å². The van der Waals surface area contributed by atoms with Gasteiger partial charge in [-0.15, -0.1) is 17.9 Å². The van der Waals surface area contributed by atoms with E-state index in [0.29, 0.717) is 0 Å². The van der Waals surface area contributed by atoms with E-state index in [-0.39, 0.29) is 0 Å². The number of thiophene rings is 1. The first-order valence-corrected chi connectivity index (χ1v) is 5.72. The Balaban J connectivity index is 0.000000252. The highest BCUT2D eigenvalue weighted by molar-refractivity contribution is 7.75. The van der Waals surface area contributed by atoms with Crippen LogP contribution in [0.25, 0.3) is 0 Å². The van der Waals surface area contributed by atoms with Crippen molar-refractivity contribution in [2.24, 2.45) is 0 Å². The second-order valence-corrected chi connectivity index (χ2v) is 4.01. The summed E-state index contributed by atoms with van der Waals surface area (Å²) in [5, 5.41) is 2.95. The summed E-state index contributed by atoms with van der Waals surface area (Å²) in [6.45, 7) is 6.61. The fourth-order valence-electron chi connectivity index (χ4n) is 0.571. The second kappa shape index (κ2) is 7.76. The Hall–Kier alpha value is -0.870. The summed E-state index contributed by atoms with van der Waals surface area (Å²) in [6.07, 6.45) is 2.93. The highest BCUT2D eigenvalue weighted by atomic mass is 32.2. The molecule has 1 heterocycles. The van der Waals surface area contributed by atoms with Gasteiger partial charge >= 0.3 is 0 Å². The summed E-state index contributed by atoms with van der Waals surface area (Å²) >= 11 is 1.78. The molecule has 2 nitrogen and oxygen atoms in total. The zero-order valence-corrected chi connectivity index (χ0v) is 8.89. The van der Waals surface area contributed by atoms with Gasteiger partial charge in [0.15, 0.2) is 10.7 Å². The highest BCUT2D eigenvalue weighted by Gasteiger charge is 1.84. The molecule has 0 saturated carbocycles. The molecule has 72 valence electrons. The van der Waals surface area contributed by atoms with Crippen LogP contribution in [0.1, 0.15) is 4.88 Å². The van der Waals surface area contributed by atoms with E-state index in [1.54, 1.807) is 11.3 Å². The number of rotatable bonds is 3. The molecule has 0 aromatic carbocycles. The Morgan fingerprint density at radius 1 is 1.46 bits per heavy atom. The first-order chi connectivity index (χ1) is 6.20. The van der Waals surface area contributed by atoms with Crippen LogP contribution in [0.4, 0.5) is 0 Å². The van der Waals surface area contributed by atoms with Gasteiger partial charge in [-0.05, 0) is 17.9 Å². The van der Waals surface area contributed by atoms with E-state index < -0.39 is 10.7 Å². The van der Waals surface area contributed by atoms with Crippen molar-refractivity contribution in [1.29, 1.82) is 0 Å². The third kappa shape index (κ3) is 7.49. The molecule has 0 bridgehead atoms. The molecule has 0 amide bonds. The lowest BCUT2D eigenvalue weighted by Crippen LogP contribution is -1.66. The van der Waals surface area contributed by atoms with Crippen LogP contribution in [0, 0.1) is 0 Å². The number of hydrogen-bond donors (Lipinski definition) is 1. The van der Waals surface area contributed by atoms with Crippen molar-refractivity contribution in [2.45, 2.75) is 6.42 Å². The van der Waals surface area contributed by atoms with Gasteiger partial charge in [-0.1, -0.05) is 18.7 Å². The van der Waals surface area contributed by atoms with Crippen LogP contribution in [-0.4, -0.2) is 8.42 Å². The standard InChI is InChI=1S/C7H8S.C2H4O2S/c1-2-4-7-5-3-6-8-7;1-2-5(3)4/h2-3,5-6H,1,4H2;2,5H,1H2. The van der Waals surface area contributed by atoms with E-state index in [2.05, 4.69) is 30.7 Å². The van der Waals surface area contributed by atoms with Crippen molar-refractivity contribution in [2.75, 3.05) is 0 Å². The molecule has 0 spiro atoms. The lowest BCUT2D eigenvalue weighted by molar-refractivity contribution is 0.622. The van der Waals surface area contributed by atoms with Crippen LogP contribution in [0.15, 0.2) is 42.2 Å². The molecular weight excluding hydrogens is 204 g/mol. The van der Waals surface area contributed by atoms with Gasteiger partial charge < -0.3 is 0 Å². The van der Waals surface area contributed by atoms with E-state index in [0.717, 1.165) is 11.8 Å². The summed E-state index contributed by atoms with van der Waals surface area (Å²) in [5.41, 5.74) is 0. The quantitative estimate of drug-likeness (QED) is 0.621. The van der Waals surface area contributed by atoms with Gasteiger partial charge in [-0.3, -0.25) is 0 Å². The van der Waals surface area contributed by atoms with E-state index in [4.69, 9.17) is 0 Å². The molecule has 13 heavy (non-hydrogen) atoms. The van der Waals surface area contributed by atoms with E-state index in [1.165, 1.54) is 4.88 Å². The van der Waals surface area contributed by atoms with Crippen LogP contribution in [0.2, 0.25) is 0 Å². The Morgan fingerprint density at radius 2 is 2.08 bits per heavy atom. The van der Waals surface area contributed by atoms with Crippen LogP contribution >= 0.6 is 11.3 Å². The summed E-state index contributed by atoms with van der Waals surface area (Å²) in [6, 6.07) is 4.18. The first kappa shape index (κ1) is 12.1. The van der Waals surface area contributed by atoms with E-state index >= 15 is 0 Å². The SMILES string of the molecule is C=CCc1cccs1.C=C[SH](=O)=O. The lowest BCUT2D eigenvalue weighted by atomic mass is 10.3. The lowest BCUT2D eigenvalue weighted by Gasteiger charge is -1.81. The smallest absolute Gasteiger partial charge is 0.160 e. The molecule has 0 unspecified atom stereocenters. The fourth-order valence-corrected chi connectivity index (χ4v) is 1.27. The Bertz CT molecular complexity index is 302. The number of allylic oxidation sites excluding steroid dienone is 1. The Morgan fingerprint density at radius 3 is 2.38 bits per heavy atom. The molecule has 0 fully saturated rings. The van der Waals surface area contributed by atoms with Crippen LogP contribution < -0.4 is 0 Å². The van der Waals surface area contributed by atoms with Gasteiger partial charge in [0.1, 0.15) is 0 Å². The Kier molecular flexibility index (Phi) is 7.24. The number of hydrogen-bond acceptors (Lipinski definition) is 3. The van der Waals surface area contributed by atoms with Crippen molar-refractivity contribution >= 4 is 22.0 Å². The predicted octanol–water partition coefficient (Wildman–Crippen LogP) is 2.22. The summed E-state index contributed by atoms with van der Waals surface area (Å²) in [7, 11) is -2.33. The predicted molar refractivity (Wildman–Crippen MR) is 58.7 cm³/mol. The second-order valence-electron chi connectivity index (χ2n) is 2.04. The van der Waals surface area contributed by atoms with Gasteiger partial charge in [0.2, 0.25) is 0 Å². The summed E-state index contributed by atoms with van der Waals surface area (Å²) < 4.78 is 18.6. The molecule has 1 aromatic heterocycles. The minimum atomic E-state index is -2.33. The maximum absolute atomic E-state index is 9.29. The molecule has 4 heteroatoms. The molecule has 0 aliphatic carbocycles. The first-order valence-electron chi connectivity index (χ1n) is 3.60. The number of thiol groups is 1. The molecular formula is C9H12O2S2. The average molecular weight is 216 g/mol. The molecule has 0 N–H and O–H groups in total. The van der Waals surface area contributed by atoms with Crippen LogP contribution in [-0.2, 0) is 17.1 Å². The van der Waals surface area contributed by atoms with Crippen molar-refractivity contribution in [1.82, 2.24) is 0 Å². The normalized spacial score (nSPS) is 8.69. The monoisotopic (exact) mass is 216 g/mol. The molecule has 0 atom stereocenters. The molecule has 0 saturated heterocycles. The summed E-state index contributed by atoms with van der Waals surface area (Å²) in [4.78, 5) is 1.39. The van der Waals surface area contributed by atoms with Gasteiger partial charge in [0, 0.05) is 10.3 Å². The van der Waals surface area contributed by atoms with E-state index in [9.17, 15) is 8.42 Å². The minimum Gasteiger partial charge on any atom is -0.227 e. The maximum atomic E-state index is 9.29. The van der Waals surface area contributed by atoms with Crippen LogP contribution in [0.3, 0.4) is 0 Å². The zero-order chi connectivity index (χ0) is 10.1. The van der Waals surface area contributed by atoms with E-state index in [1.807, 2.05) is 6.08 Å². The van der Waals surface area contributed by atoms with Crippen molar-refractivity contribution < 1.29 is 8.42 Å². The zero-order valence-electron chi connectivity index (χ0n) is 7.18. The molecule has 0 aliphatic rings. The van der Waals surface area contributed by atoms with Gasteiger partial charge in [-0.2, -0.15) is 0 Å².